The number of nitrogens with two attached hydrogens (primary N) is 1. The maximum Gasteiger partial charge on any atom is 0.0994 e. The minimum Gasteiger partial charge on any atom is -0.386 e. The first-order valence-corrected chi connectivity index (χ1v) is 5.12. The molecule has 1 heterocycles. The fourth-order valence-electron chi connectivity index (χ4n) is 1.89. The number of nitrogens with zero attached hydrogens (tertiary/aromatic N) is 1. The average Bonchev–Trinajstić information content (AvgIpc) is 2.27. The zero-order valence-corrected chi connectivity index (χ0v) is 9.07. The molecule has 3 N–H and O–H groups in total. The summed E-state index contributed by atoms with van der Waals surface area (Å²) in [6, 6.07) is 9.79. The number of allylic oxidation sites excluding steroid dienone is 3. The number of hydrogen-bond acceptors (Lipinski definition) is 3. The smallest absolute Gasteiger partial charge is 0.0994 e. The summed E-state index contributed by atoms with van der Waals surface area (Å²) in [6.07, 6.45) is 3.98. The van der Waals surface area contributed by atoms with Gasteiger partial charge < -0.3 is 11.1 Å². The zero-order chi connectivity index (χ0) is 11.5. The van der Waals surface area contributed by atoms with Crippen LogP contribution in [0.15, 0.2) is 47.9 Å². The first-order valence-electron chi connectivity index (χ1n) is 5.12. The minimum atomic E-state index is 0.0806. The van der Waals surface area contributed by atoms with Crippen LogP contribution >= 0.6 is 0 Å². The summed E-state index contributed by atoms with van der Waals surface area (Å²) in [6.45, 7) is 1.96. The molecule has 0 saturated heterocycles. The molecule has 0 saturated carbocycles. The van der Waals surface area contributed by atoms with Gasteiger partial charge in [0.05, 0.1) is 17.5 Å². The highest BCUT2D eigenvalue weighted by Gasteiger charge is 2.14. The van der Waals surface area contributed by atoms with Gasteiger partial charge in [0.25, 0.3) is 0 Å². The van der Waals surface area contributed by atoms with Crippen LogP contribution in [0.2, 0.25) is 0 Å². The van der Waals surface area contributed by atoms with E-state index in [9.17, 15) is 0 Å². The summed E-state index contributed by atoms with van der Waals surface area (Å²) in [5.41, 5.74) is 8.47. The third kappa shape index (κ3) is 1.91. The molecule has 3 nitrogen and oxygen atoms in total. The number of nitriles is 1. The van der Waals surface area contributed by atoms with E-state index in [4.69, 9.17) is 11.0 Å². The van der Waals surface area contributed by atoms with Crippen molar-refractivity contribution >= 4 is 0 Å². The van der Waals surface area contributed by atoms with Crippen molar-refractivity contribution in [2.24, 2.45) is 5.73 Å². The summed E-state index contributed by atoms with van der Waals surface area (Å²) in [5, 5.41) is 12.1. The molecule has 1 atom stereocenters. The van der Waals surface area contributed by atoms with E-state index in [0.717, 1.165) is 11.3 Å². The van der Waals surface area contributed by atoms with Crippen LogP contribution in [-0.2, 0) is 0 Å². The summed E-state index contributed by atoms with van der Waals surface area (Å²) >= 11 is 0. The van der Waals surface area contributed by atoms with Crippen molar-refractivity contribution < 1.29 is 0 Å². The van der Waals surface area contributed by atoms with Crippen molar-refractivity contribution in [3.05, 3.63) is 59.1 Å². The lowest BCUT2D eigenvalue weighted by atomic mass is 9.92. The van der Waals surface area contributed by atoms with Gasteiger partial charge in [-0.3, -0.25) is 0 Å². The van der Waals surface area contributed by atoms with Crippen LogP contribution in [-0.4, -0.2) is 0 Å². The van der Waals surface area contributed by atoms with Crippen LogP contribution in [0.1, 0.15) is 24.0 Å². The highest BCUT2D eigenvalue weighted by atomic mass is 15.0. The third-order valence-corrected chi connectivity index (χ3v) is 2.57. The molecular formula is C13H13N3. The molecule has 0 aliphatic carbocycles. The summed E-state index contributed by atoms with van der Waals surface area (Å²) in [5.74, 6) is 0.717. The van der Waals surface area contributed by atoms with Crippen molar-refractivity contribution in [1.29, 1.82) is 5.26 Å². The molecule has 0 bridgehead atoms. The molecule has 0 aromatic heterocycles. The Morgan fingerprint density at radius 2 is 2.06 bits per heavy atom. The second kappa shape index (κ2) is 4.11. The predicted molar refractivity (Wildman–Crippen MR) is 63.1 cm³/mol. The maximum absolute atomic E-state index is 9.04. The minimum absolute atomic E-state index is 0.0806. The quantitative estimate of drug-likeness (QED) is 0.746. The first kappa shape index (κ1) is 10.3. The molecule has 2 rings (SSSR count). The van der Waals surface area contributed by atoms with E-state index in [2.05, 4.69) is 17.5 Å². The van der Waals surface area contributed by atoms with Crippen LogP contribution < -0.4 is 11.1 Å². The van der Waals surface area contributed by atoms with Crippen LogP contribution in [0.4, 0.5) is 0 Å². The normalized spacial score (nSPS) is 19.1. The summed E-state index contributed by atoms with van der Waals surface area (Å²) in [4.78, 5) is 0. The molecule has 1 aliphatic heterocycles. The third-order valence-electron chi connectivity index (χ3n) is 2.57. The number of hydrogen-bond donors (Lipinski definition) is 2. The van der Waals surface area contributed by atoms with Crippen molar-refractivity contribution in [1.82, 2.24) is 5.32 Å². The van der Waals surface area contributed by atoms with Crippen molar-refractivity contribution in [3.63, 3.8) is 0 Å². The van der Waals surface area contributed by atoms with Crippen LogP contribution in [0.3, 0.4) is 0 Å². The van der Waals surface area contributed by atoms with Gasteiger partial charge in [0.2, 0.25) is 0 Å². The Hall–Kier alpha value is -2.21. The van der Waals surface area contributed by atoms with E-state index in [1.807, 2.05) is 37.3 Å². The molecule has 16 heavy (non-hydrogen) atoms. The average molecular weight is 211 g/mol. The van der Waals surface area contributed by atoms with Crippen molar-refractivity contribution in [3.8, 4) is 6.07 Å². The molecule has 1 unspecified atom stereocenters. The lowest BCUT2D eigenvalue weighted by molar-refractivity contribution is 0.855. The van der Waals surface area contributed by atoms with Crippen molar-refractivity contribution in [2.45, 2.75) is 12.8 Å². The SMILES string of the molecule is CC1=CC(c2ccccc2C#N)C=C(N)N1. The Bertz CT molecular complexity index is 488. The molecular weight excluding hydrogens is 198 g/mol. The molecule has 0 fully saturated rings. The summed E-state index contributed by atoms with van der Waals surface area (Å²) in [7, 11) is 0. The fraction of sp³-hybridized carbons (Fsp3) is 0.154. The van der Waals surface area contributed by atoms with Gasteiger partial charge in [0.1, 0.15) is 0 Å². The van der Waals surface area contributed by atoms with E-state index in [-0.39, 0.29) is 5.92 Å². The molecule has 1 aromatic rings. The Kier molecular flexibility index (Phi) is 2.65. The fourth-order valence-corrected chi connectivity index (χ4v) is 1.89. The van der Waals surface area contributed by atoms with Crippen LogP contribution in [0, 0.1) is 11.3 Å². The van der Waals surface area contributed by atoms with E-state index < -0.39 is 0 Å². The van der Waals surface area contributed by atoms with Gasteiger partial charge in [0, 0.05) is 11.6 Å². The van der Waals surface area contributed by atoms with Gasteiger partial charge in [-0.1, -0.05) is 24.3 Å². The lowest BCUT2D eigenvalue weighted by Crippen LogP contribution is -2.22. The Morgan fingerprint density at radius 3 is 2.75 bits per heavy atom. The summed E-state index contributed by atoms with van der Waals surface area (Å²) < 4.78 is 0. The number of benzene rings is 1. The number of dihydropyridines is 1. The highest BCUT2D eigenvalue weighted by Crippen LogP contribution is 2.26. The molecule has 0 amide bonds. The Morgan fingerprint density at radius 1 is 1.31 bits per heavy atom. The monoisotopic (exact) mass is 211 g/mol. The van der Waals surface area contributed by atoms with E-state index >= 15 is 0 Å². The predicted octanol–water partition coefficient (Wildman–Crippen LogP) is 1.95. The highest BCUT2D eigenvalue weighted by molar-refractivity contribution is 5.45. The molecule has 0 radical (unpaired) electrons. The van der Waals surface area contributed by atoms with Gasteiger partial charge in [-0.05, 0) is 24.6 Å². The second-order valence-electron chi connectivity index (χ2n) is 3.82. The van der Waals surface area contributed by atoms with Gasteiger partial charge in [-0.15, -0.1) is 0 Å². The van der Waals surface area contributed by atoms with E-state index in [1.165, 1.54) is 0 Å². The first-order chi connectivity index (χ1) is 7.70. The van der Waals surface area contributed by atoms with Crippen LogP contribution in [0.5, 0.6) is 0 Å². The molecule has 0 spiro atoms. The maximum atomic E-state index is 9.04. The molecule has 80 valence electrons. The standard InChI is InChI=1S/C13H13N3/c1-9-6-11(7-13(15)16-9)12-5-3-2-4-10(12)8-14/h2-7,11,16H,15H2,1H3. The van der Waals surface area contributed by atoms with Gasteiger partial charge in [0.15, 0.2) is 0 Å². The molecule has 1 aliphatic rings. The second-order valence-corrected chi connectivity index (χ2v) is 3.82. The van der Waals surface area contributed by atoms with Gasteiger partial charge in [-0.2, -0.15) is 5.26 Å². The number of rotatable bonds is 1. The largest absolute Gasteiger partial charge is 0.386 e. The zero-order valence-electron chi connectivity index (χ0n) is 9.07. The van der Waals surface area contributed by atoms with Crippen molar-refractivity contribution in [2.75, 3.05) is 0 Å². The van der Waals surface area contributed by atoms with Gasteiger partial charge >= 0.3 is 0 Å². The van der Waals surface area contributed by atoms with Gasteiger partial charge in [-0.25, -0.2) is 0 Å². The molecule has 1 aromatic carbocycles. The topological polar surface area (TPSA) is 61.8 Å². The van der Waals surface area contributed by atoms with E-state index in [1.54, 1.807) is 0 Å². The Balaban J connectivity index is 2.45. The molecule has 3 heteroatoms. The number of nitrogens with one attached hydrogen (secondary N) is 1. The Labute approximate surface area is 94.9 Å². The lowest BCUT2D eigenvalue weighted by Gasteiger charge is -2.19. The van der Waals surface area contributed by atoms with E-state index in [0.29, 0.717) is 11.4 Å². The van der Waals surface area contributed by atoms with Crippen LogP contribution in [0.25, 0.3) is 0 Å².